The molecule has 2 rings (SSSR count). The summed E-state index contributed by atoms with van der Waals surface area (Å²) in [6, 6.07) is 6.38. The van der Waals surface area contributed by atoms with Crippen LogP contribution in [0.25, 0.3) is 0 Å². The number of anilines is 1. The maximum Gasteiger partial charge on any atom is 0.387 e. The van der Waals surface area contributed by atoms with Gasteiger partial charge in [0.15, 0.2) is 0 Å². The first-order chi connectivity index (χ1) is 9.06. The van der Waals surface area contributed by atoms with E-state index >= 15 is 0 Å². The summed E-state index contributed by atoms with van der Waals surface area (Å²) in [5.41, 5.74) is 1.61. The molecule has 0 bridgehead atoms. The summed E-state index contributed by atoms with van der Waals surface area (Å²) in [6.07, 6.45) is 1.65. The van der Waals surface area contributed by atoms with E-state index in [0.717, 1.165) is 5.69 Å². The molecule has 1 aromatic carbocycles. The number of hydrogen-bond acceptors (Lipinski definition) is 3. The first kappa shape index (κ1) is 13.6. The highest BCUT2D eigenvalue weighted by atomic mass is 35.5. The molecule has 0 radical (unpaired) electrons. The Balaban J connectivity index is 2.07. The predicted octanol–water partition coefficient (Wildman–Crippen LogP) is 3.84. The molecular weight excluding hydrogens is 276 g/mol. The molecule has 0 aliphatic rings. The van der Waals surface area contributed by atoms with Crippen LogP contribution in [0, 0.1) is 0 Å². The van der Waals surface area contributed by atoms with E-state index in [1.807, 2.05) is 13.0 Å². The second kappa shape index (κ2) is 5.88. The fourth-order valence-electron chi connectivity index (χ4n) is 1.62. The van der Waals surface area contributed by atoms with Gasteiger partial charge in [0.2, 0.25) is 0 Å². The van der Waals surface area contributed by atoms with Gasteiger partial charge in [-0.25, -0.2) is 0 Å². The zero-order valence-electron chi connectivity index (χ0n) is 10.0. The smallest absolute Gasteiger partial charge is 0.387 e. The molecule has 0 aliphatic carbocycles. The van der Waals surface area contributed by atoms with Gasteiger partial charge in [-0.3, -0.25) is 5.10 Å². The van der Waals surface area contributed by atoms with Gasteiger partial charge in [-0.2, -0.15) is 13.9 Å². The van der Waals surface area contributed by atoms with Gasteiger partial charge in [-0.1, -0.05) is 11.6 Å². The summed E-state index contributed by atoms with van der Waals surface area (Å²) >= 11 is 5.86. The van der Waals surface area contributed by atoms with E-state index in [-0.39, 0.29) is 16.8 Å². The van der Waals surface area contributed by atoms with Gasteiger partial charge in [-0.05, 0) is 31.2 Å². The molecule has 19 heavy (non-hydrogen) atoms. The average molecular weight is 288 g/mol. The number of ether oxygens (including phenoxy) is 1. The molecule has 2 aromatic rings. The lowest BCUT2D eigenvalue weighted by molar-refractivity contribution is -0.0497. The van der Waals surface area contributed by atoms with Gasteiger partial charge in [0.1, 0.15) is 5.75 Å². The minimum atomic E-state index is -2.89. The summed E-state index contributed by atoms with van der Waals surface area (Å²) in [7, 11) is 0. The van der Waals surface area contributed by atoms with Crippen LogP contribution in [0.15, 0.2) is 30.5 Å². The van der Waals surface area contributed by atoms with Crippen molar-refractivity contribution in [3.05, 3.63) is 41.2 Å². The Kier molecular flexibility index (Phi) is 4.21. The molecule has 4 nitrogen and oxygen atoms in total. The zero-order valence-corrected chi connectivity index (χ0v) is 10.8. The van der Waals surface area contributed by atoms with Crippen molar-refractivity contribution < 1.29 is 13.5 Å². The Morgan fingerprint density at radius 1 is 1.37 bits per heavy atom. The van der Waals surface area contributed by atoms with Crippen LogP contribution < -0.4 is 10.1 Å². The van der Waals surface area contributed by atoms with Crippen LogP contribution in [0.2, 0.25) is 5.02 Å². The van der Waals surface area contributed by atoms with E-state index < -0.39 is 6.61 Å². The summed E-state index contributed by atoms with van der Waals surface area (Å²) in [5.74, 6) is -0.0450. The number of rotatable bonds is 5. The summed E-state index contributed by atoms with van der Waals surface area (Å²) in [4.78, 5) is 0. The minimum Gasteiger partial charge on any atom is -0.433 e. The maximum atomic E-state index is 12.1. The Morgan fingerprint density at radius 2 is 2.16 bits per heavy atom. The molecule has 1 unspecified atom stereocenters. The molecule has 0 spiro atoms. The highest BCUT2D eigenvalue weighted by Gasteiger charge is 2.11. The van der Waals surface area contributed by atoms with Crippen molar-refractivity contribution in [3.8, 4) is 5.75 Å². The van der Waals surface area contributed by atoms with E-state index in [9.17, 15) is 8.78 Å². The molecular formula is C12H12ClF2N3O. The molecule has 1 aromatic heterocycles. The average Bonchev–Trinajstić information content (AvgIpc) is 2.86. The standard InChI is InChI=1S/C12H12ClF2N3O/c1-7(10-4-5-16-18-10)17-8-2-3-11(9(13)6-8)19-12(14)15/h2-7,12,17H,1H3,(H,16,18). The van der Waals surface area contributed by atoms with Crippen molar-refractivity contribution in [1.82, 2.24) is 10.2 Å². The third-order valence-corrected chi connectivity index (χ3v) is 2.82. The van der Waals surface area contributed by atoms with Gasteiger partial charge in [0.25, 0.3) is 0 Å². The van der Waals surface area contributed by atoms with Crippen molar-refractivity contribution in [3.63, 3.8) is 0 Å². The van der Waals surface area contributed by atoms with Gasteiger partial charge in [0.05, 0.1) is 16.8 Å². The number of halogens is 3. The molecule has 0 saturated carbocycles. The SMILES string of the molecule is CC(Nc1ccc(OC(F)F)c(Cl)c1)c1ccn[nH]1. The number of benzene rings is 1. The second-order valence-electron chi connectivity index (χ2n) is 3.90. The lowest BCUT2D eigenvalue weighted by Crippen LogP contribution is -2.07. The van der Waals surface area contributed by atoms with Crippen molar-refractivity contribution >= 4 is 17.3 Å². The Bertz CT molecular complexity index is 534. The molecule has 1 atom stereocenters. The zero-order chi connectivity index (χ0) is 13.8. The number of H-pyrrole nitrogens is 1. The molecule has 0 saturated heterocycles. The fourth-order valence-corrected chi connectivity index (χ4v) is 1.84. The van der Waals surface area contributed by atoms with E-state index in [1.54, 1.807) is 12.3 Å². The number of alkyl halides is 2. The quantitative estimate of drug-likeness (QED) is 0.878. The number of nitrogens with zero attached hydrogens (tertiary/aromatic N) is 1. The number of aromatic amines is 1. The topological polar surface area (TPSA) is 49.9 Å². The number of nitrogens with one attached hydrogen (secondary N) is 2. The minimum absolute atomic E-state index is 0.0135. The van der Waals surface area contributed by atoms with Crippen LogP contribution in [0.4, 0.5) is 14.5 Å². The first-order valence-corrected chi connectivity index (χ1v) is 5.94. The molecule has 0 amide bonds. The molecule has 1 heterocycles. The van der Waals surface area contributed by atoms with E-state index in [2.05, 4.69) is 20.3 Å². The van der Waals surface area contributed by atoms with Crippen LogP contribution in [0.1, 0.15) is 18.7 Å². The van der Waals surface area contributed by atoms with Crippen molar-refractivity contribution in [1.29, 1.82) is 0 Å². The van der Waals surface area contributed by atoms with Gasteiger partial charge >= 0.3 is 6.61 Å². The third-order valence-electron chi connectivity index (χ3n) is 2.52. The molecule has 102 valence electrons. The van der Waals surface area contributed by atoms with Crippen LogP contribution in [0.3, 0.4) is 0 Å². The van der Waals surface area contributed by atoms with Crippen LogP contribution >= 0.6 is 11.6 Å². The lowest BCUT2D eigenvalue weighted by Gasteiger charge is -2.15. The highest BCUT2D eigenvalue weighted by molar-refractivity contribution is 6.32. The molecule has 2 N–H and O–H groups in total. The number of aromatic nitrogens is 2. The lowest BCUT2D eigenvalue weighted by atomic mass is 10.2. The maximum absolute atomic E-state index is 12.1. The van der Waals surface area contributed by atoms with Crippen molar-refractivity contribution in [2.45, 2.75) is 19.6 Å². The largest absolute Gasteiger partial charge is 0.433 e. The molecule has 7 heteroatoms. The Labute approximate surface area is 113 Å². The Hall–Kier alpha value is -1.82. The van der Waals surface area contributed by atoms with Crippen LogP contribution in [0.5, 0.6) is 5.75 Å². The second-order valence-corrected chi connectivity index (χ2v) is 4.31. The van der Waals surface area contributed by atoms with Gasteiger partial charge in [-0.15, -0.1) is 0 Å². The van der Waals surface area contributed by atoms with E-state index in [4.69, 9.17) is 11.6 Å². The van der Waals surface area contributed by atoms with Crippen LogP contribution in [-0.4, -0.2) is 16.8 Å². The number of hydrogen-bond donors (Lipinski definition) is 2. The monoisotopic (exact) mass is 287 g/mol. The van der Waals surface area contributed by atoms with Gasteiger partial charge in [0, 0.05) is 11.9 Å². The Morgan fingerprint density at radius 3 is 2.74 bits per heavy atom. The van der Waals surface area contributed by atoms with E-state index in [0.29, 0.717) is 5.69 Å². The van der Waals surface area contributed by atoms with Gasteiger partial charge < -0.3 is 10.1 Å². The fraction of sp³-hybridized carbons (Fsp3) is 0.250. The van der Waals surface area contributed by atoms with E-state index in [1.165, 1.54) is 12.1 Å². The van der Waals surface area contributed by atoms with Crippen molar-refractivity contribution in [2.75, 3.05) is 5.32 Å². The highest BCUT2D eigenvalue weighted by Crippen LogP contribution is 2.30. The summed E-state index contributed by atoms with van der Waals surface area (Å²) < 4.78 is 28.4. The predicted molar refractivity (Wildman–Crippen MR) is 68.7 cm³/mol. The molecule has 0 aliphatic heterocycles. The van der Waals surface area contributed by atoms with Crippen molar-refractivity contribution in [2.24, 2.45) is 0 Å². The first-order valence-electron chi connectivity index (χ1n) is 5.56. The summed E-state index contributed by atoms with van der Waals surface area (Å²) in [6.45, 7) is -0.953. The summed E-state index contributed by atoms with van der Waals surface area (Å²) in [5, 5.41) is 9.99. The molecule has 0 fully saturated rings. The third kappa shape index (κ3) is 3.57. The van der Waals surface area contributed by atoms with Crippen LogP contribution in [-0.2, 0) is 0 Å². The normalized spacial score (nSPS) is 12.5.